The molecule has 0 saturated carbocycles. The van der Waals surface area contributed by atoms with Gasteiger partial charge in [-0.25, -0.2) is 0 Å². The van der Waals surface area contributed by atoms with Gasteiger partial charge < -0.3 is 19.9 Å². The molecule has 2 fully saturated rings. The molecule has 0 amide bonds. The highest BCUT2D eigenvalue weighted by atomic mass is 127. The van der Waals surface area contributed by atoms with Gasteiger partial charge in [-0.15, -0.1) is 24.0 Å². The minimum Gasteiger partial charge on any atom is -0.384 e. The van der Waals surface area contributed by atoms with Crippen molar-refractivity contribution in [3.8, 4) is 0 Å². The van der Waals surface area contributed by atoms with Gasteiger partial charge in [-0.1, -0.05) is 18.2 Å². The first-order chi connectivity index (χ1) is 13.8. The van der Waals surface area contributed by atoms with E-state index in [1.165, 1.54) is 12.1 Å². The van der Waals surface area contributed by atoms with Crippen LogP contribution in [-0.4, -0.2) is 88.4 Å². The van der Waals surface area contributed by atoms with Crippen molar-refractivity contribution in [3.05, 3.63) is 30.3 Å². The summed E-state index contributed by atoms with van der Waals surface area (Å²) < 4.78 is 5.32. The Balaban J connectivity index is 0.00000300. The number of piperazine rings is 1. The van der Waals surface area contributed by atoms with Crippen molar-refractivity contribution in [1.29, 1.82) is 0 Å². The van der Waals surface area contributed by atoms with Crippen molar-refractivity contribution >= 4 is 35.6 Å². The lowest BCUT2D eigenvalue weighted by Gasteiger charge is -2.36. The van der Waals surface area contributed by atoms with Gasteiger partial charge in [0.25, 0.3) is 0 Å². The summed E-state index contributed by atoms with van der Waals surface area (Å²) in [6, 6.07) is 10.8. The van der Waals surface area contributed by atoms with Gasteiger partial charge in [0.2, 0.25) is 0 Å². The maximum atomic E-state index is 5.32. The first-order valence-corrected chi connectivity index (χ1v) is 10.8. The minimum atomic E-state index is 0. The third-order valence-corrected chi connectivity index (χ3v) is 5.71. The van der Waals surface area contributed by atoms with Gasteiger partial charge in [0.05, 0.1) is 6.61 Å². The largest absolute Gasteiger partial charge is 0.384 e. The average molecular weight is 515 g/mol. The second kappa shape index (κ2) is 13.3. The van der Waals surface area contributed by atoms with Gasteiger partial charge in [-0.2, -0.15) is 0 Å². The highest BCUT2D eigenvalue weighted by Crippen LogP contribution is 2.17. The van der Waals surface area contributed by atoms with Crippen molar-refractivity contribution in [3.63, 3.8) is 0 Å². The number of aliphatic imine (C=N–C) groups is 1. The number of anilines is 1. The number of guanidine groups is 1. The Morgan fingerprint density at radius 3 is 2.59 bits per heavy atom. The van der Waals surface area contributed by atoms with Gasteiger partial charge in [0.1, 0.15) is 0 Å². The summed E-state index contributed by atoms with van der Waals surface area (Å²) >= 11 is 0. The van der Waals surface area contributed by atoms with E-state index in [2.05, 4.69) is 57.3 Å². The van der Waals surface area contributed by atoms with Gasteiger partial charge in [0.15, 0.2) is 5.96 Å². The number of nitrogens with one attached hydrogen (secondary N) is 1. The van der Waals surface area contributed by atoms with E-state index < -0.39 is 0 Å². The molecule has 1 aromatic rings. The molecular formula is C22H38IN5O. The Labute approximate surface area is 193 Å². The van der Waals surface area contributed by atoms with Crippen LogP contribution in [0.1, 0.15) is 19.8 Å². The van der Waals surface area contributed by atoms with Crippen molar-refractivity contribution in [2.75, 3.05) is 77.5 Å². The molecule has 164 valence electrons. The van der Waals surface area contributed by atoms with Crippen LogP contribution in [0.2, 0.25) is 0 Å². The van der Waals surface area contributed by atoms with Crippen LogP contribution in [0.4, 0.5) is 5.69 Å². The fourth-order valence-electron chi connectivity index (χ4n) is 4.17. The first kappa shape index (κ1) is 24.2. The summed E-state index contributed by atoms with van der Waals surface area (Å²) in [5, 5.41) is 3.46. The molecule has 29 heavy (non-hydrogen) atoms. The number of benzene rings is 1. The fraction of sp³-hybridized carbons (Fsp3) is 0.682. The first-order valence-electron chi connectivity index (χ1n) is 10.8. The summed E-state index contributed by atoms with van der Waals surface area (Å²) in [6.45, 7) is 12.6. The van der Waals surface area contributed by atoms with Gasteiger partial charge in [0, 0.05) is 77.6 Å². The monoisotopic (exact) mass is 515 g/mol. The zero-order valence-corrected chi connectivity index (χ0v) is 20.4. The summed E-state index contributed by atoms with van der Waals surface area (Å²) in [6.07, 6.45) is 2.32. The number of hydrogen-bond acceptors (Lipinski definition) is 4. The van der Waals surface area contributed by atoms with E-state index >= 15 is 0 Å². The molecule has 2 aliphatic heterocycles. The van der Waals surface area contributed by atoms with E-state index in [4.69, 9.17) is 9.73 Å². The van der Waals surface area contributed by atoms with Crippen LogP contribution in [0.25, 0.3) is 0 Å². The standard InChI is InChI=1S/C22H37N5O.HI/c1-3-23-22(27-13-10-20(18-27)19-28-2)24-11-7-12-25-14-16-26(17-15-25)21-8-5-4-6-9-21;/h4-6,8-9,20H,3,7,10-19H2,1-2H3,(H,23,24);1H. The molecule has 3 rings (SSSR count). The lowest BCUT2D eigenvalue weighted by atomic mass is 10.1. The Morgan fingerprint density at radius 2 is 1.90 bits per heavy atom. The highest BCUT2D eigenvalue weighted by molar-refractivity contribution is 14.0. The molecule has 6 nitrogen and oxygen atoms in total. The molecule has 0 radical (unpaired) electrons. The lowest BCUT2D eigenvalue weighted by molar-refractivity contribution is 0.157. The van der Waals surface area contributed by atoms with Crippen molar-refractivity contribution in [2.24, 2.45) is 10.9 Å². The van der Waals surface area contributed by atoms with E-state index in [0.717, 1.165) is 77.9 Å². The fourth-order valence-corrected chi connectivity index (χ4v) is 4.17. The summed E-state index contributed by atoms with van der Waals surface area (Å²) in [7, 11) is 1.79. The number of nitrogens with zero attached hydrogens (tertiary/aromatic N) is 4. The van der Waals surface area contributed by atoms with E-state index in [1.807, 2.05) is 0 Å². The molecule has 1 aromatic carbocycles. The normalized spacial score (nSPS) is 20.6. The predicted octanol–water partition coefficient (Wildman–Crippen LogP) is 2.75. The molecule has 0 aliphatic carbocycles. The lowest BCUT2D eigenvalue weighted by Crippen LogP contribution is -2.46. The molecule has 1 N–H and O–H groups in total. The Hall–Kier alpha value is -1.06. The van der Waals surface area contributed by atoms with Crippen LogP contribution >= 0.6 is 24.0 Å². The van der Waals surface area contributed by atoms with Crippen LogP contribution < -0.4 is 10.2 Å². The number of methoxy groups -OCH3 is 1. The van der Waals surface area contributed by atoms with Gasteiger partial charge in [-0.3, -0.25) is 9.89 Å². The molecule has 2 aliphatic rings. The maximum absolute atomic E-state index is 5.32. The Kier molecular flexibility index (Phi) is 11.1. The second-order valence-electron chi connectivity index (χ2n) is 7.81. The molecule has 2 heterocycles. The van der Waals surface area contributed by atoms with Crippen LogP contribution in [0.5, 0.6) is 0 Å². The Morgan fingerprint density at radius 1 is 1.14 bits per heavy atom. The number of likely N-dealkylation sites (tertiary alicyclic amines) is 1. The van der Waals surface area contributed by atoms with Crippen LogP contribution in [0, 0.1) is 5.92 Å². The van der Waals surface area contributed by atoms with E-state index in [9.17, 15) is 0 Å². The quantitative estimate of drug-likeness (QED) is 0.250. The van der Waals surface area contributed by atoms with Gasteiger partial charge in [-0.05, 0) is 31.9 Å². The molecule has 2 saturated heterocycles. The summed E-state index contributed by atoms with van der Waals surface area (Å²) in [4.78, 5) is 12.3. The van der Waals surface area contributed by atoms with Crippen molar-refractivity contribution < 1.29 is 4.74 Å². The SMILES string of the molecule is CCNC(=NCCCN1CCN(c2ccccc2)CC1)N1CCC(COC)C1.I. The minimum absolute atomic E-state index is 0. The molecule has 0 aromatic heterocycles. The molecule has 0 spiro atoms. The summed E-state index contributed by atoms with van der Waals surface area (Å²) in [5.74, 6) is 1.71. The van der Waals surface area contributed by atoms with Crippen molar-refractivity contribution in [1.82, 2.24) is 15.1 Å². The topological polar surface area (TPSA) is 43.3 Å². The van der Waals surface area contributed by atoms with E-state index in [0.29, 0.717) is 5.92 Å². The van der Waals surface area contributed by atoms with Gasteiger partial charge >= 0.3 is 0 Å². The smallest absolute Gasteiger partial charge is 0.193 e. The van der Waals surface area contributed by atoms with Crippen LogP contribution in [-0.2, 0) is 4.74 Å². The Bertz CT molecular complexity index is 592. The van der Waals surface area contributed by atoms with Crippen LogP contribution in [0.3, 0.4) is 0 Å². The molecule has 1 atom stereocenters. The van der Waals surface area contributed by atoms with Crippen molar-refractivity contribution in [2.45, 2.75) is 19.8 Å². The van der Waals surface area contributed by atoms with E-state index in [-0.39, 0.29) is 24.0 Å². The maximum Gasteiger partial charge on any atom is 0.193 e. The van der Waals surface area contributed by atoms with E-state index in [1.54, 1.807) is 7.11 Å². The third-order valence-electron chi connectivity index (χ3n) is 5.71. The second-order valence-corrected chi connectivity index (χ2v) is 7.81. The third kappa shape index (κ3) is 7.61. The number of rotatable bonds is 8. The summed E-state index contributed by atoms with van der Waals surface area (Å²) in [5.41, 5.74) is 1.35. The number of ether oxygens (including phenoxy) is 1. The number of para-hydroxylation sites is 1. The predicted molar refractivity (Wildman–Crippen MR) is 133 cm³/mol. The number of halogens is 1. The highest BCUT2D eigenvalue weighted by Gasteiger charge is 2.24. The molecule has 1 unspecified atom stereocenters. The average Bonchev–Trinajstić information content (AvgIpc) is 3.20. The zero-order valence-electron chi connectivity index (χ0n) is 18.1. The number of hydrogen-bond donors (Lipinski definition) is 1. The molecule has 0 bridgehead atoms. The molecule has 7 heteroatoms. The molecular weight excluding hydrogens is 477 g/mol. The van der Waals surface area contributed by atoms with Crippen LogP contribution in [0.15, 0.2) is 35.3 Å². The zero-order chi connectivity index (χ0) is 19.6.